The fourth-order valence-electron chi connectivity index (χ4n) is 2.21. The van der Waals surface area contributed by atoms with Crippen LogP contribution in [0, 0.1) is 0 Å². The number of hydrogen-bond acceptors (Lipinski definition) is 5. The average molecular weight is 365 g/mol. The third kappa shape index (κ3) is 5.14. The molecular weight excluding hydrogens is 343 g/mol. The highest BCUT2D eigenvalue weighted by Crippen LogP contribution is 2.39. The standard InChI is InChI=1S/C15H21ClN2O4.ClH/c1-2-3-11(17)15(20)18-8-12(19)9-6-10(16)14-13(7-9)21-4-5-22-14;/h6-7,11-12,19H,2-5,8,17H2,1H3,(H,18,20);1H. The van der Waals surface area contributed by atoms with E-state index in [2.05, 4.69) is 5.32 Å². The largest absolute Gasteiger partial charge is 0.486 e. The van der Waals surface area contributed by atoms with Gasteiger partial charge in [-0.15, -0.1) is 12.4 Å². The molecule has 1 aliphatic heterocycles. The number of aliphatic hydroxyl groups excluding tert-OH is 1. The van der Waals surface area contributed by atoms with Crippen molar-refractivity contribution >= 4 is 29.9 Å². The number of nitrogens with two attached hydrogens (primary N) is 1. The highest BCUT2D eigenvalue weighted by molar-refractivity contribution is 6.32. The molecule has 2 unspecified atom stereocenters. The maximum atomic E-state index is 11.8. The maximum absolute atomic E-state index is 11.8. The number of halogens is 2. The first kappa shape index (κ1) is 19.8. The van der Waals surface area contributed by atoms with Crippen LogP contribution < -0.4 is 20.5 Å². The molecule has 1 aromatic rings. The van der Waals surface area contributed by atoms with Crippen LogP contribution in [0.4, 0.5) is 0 Å². The molecule has 0 bridgehead atoms. The third-order valence-corrected chi connectivity index (χ3v) is 3.69. The van der Waals surface area contributed by atoms with Gasteiger partial charge in [0.25, 0.3) is 0 Å². The Morgan fingerprint density at radius 1 is 1.43 bits per heavy atom. The van der Waals surface area contributed by atoms with Gasteiger partial charge in [0.2, 0.25) is 5.91 Å². The minimum atomic E-state index is -0.897. The van der Waals surface area contributed by atoms with Crippen LogP contribution in [0.5, 0.6) is 11.5 Å². The predicted molar refractivity (Wildman–Crippen MR) is 90.5 cm³/mol. The summed E-state index contributed by atoms with van der Waals surface area (Å²) in [4.78, 5) is 11.8. The molecule has 2 atom stereocenters. The smallest absolute Gasteiger partial charge is 0.237 e. The van der Waals surface area contributed by atoms with Crippen molar-refractivity contribution in [3.05, 3.63) is 22.7 Å². The van der Waals surface area contributed by atoms with Gasteiger partial charge in [-0.1, -0.05) is 24.9 Å². The Kier molecular flexibility index (Phi) is 7.91. The minimum absolute atomic E-state index is 0. The topological polar surface area (TPSA) is 93.8 Å². The van der Waals surface area contributed by atoms with Crippen molar-refractivity contribution in [3.8, 4) is 11.5 Å². The highest BCUT2D eigenvalue weighted by Gasteiger charge is 2.20. The second-order valence-corrected chi connectivity index (χ2v) is 5.59. The third-order valence-electron chi connectivity index (χ3n) is 3.41. The molecular formula is C15H22Cl2N2O4. The van der Waals surface area contributed by atoms with E-state index in [0.717, 1.165) is 6.42 Å². The second-order valence-electron chi connectivity index (χ2n) is 5.18. The zero-order valence-corrected chi connectivity index (χ0v) is 14.5. The fourth-order valence-corrected chi connectivity index (χ4v) is 2.49. The van der Waals surface area contributed by atoms with Crippen molar-refractivity contribution in [2.24, 2.45) is 5.73 Å². The number of nitrogens with one attached hydrogen (secondary N) is 1. The number of fused-ring (bicyclic) bond motifs is 1. The number of rotatable bonds is 6. The minimum Gasteiger partial charge on any atom is -0.486 e. The molecule has 0 aromatic heterocycles. The Morgan fingerprint density at radius 2 is 2.13 bits per heavy atom. The number of carbonyl (C=O) groups excluding carboxylic acids is 1. The lowest BCUT2D eigenvalue weighted by Crippen LogP contribution is -2.42. The van der Waals surface area contributed by atoms with Crippen molar-refractivity contribution in [2.45, 2.75) is 31.9 Å². The van der Waals surface area contributed by atoms with Gasteiger partial charge in [0.1, 0.15) is 13.2 Å². The number of amides is 1. The predicted octanol–water partition coefficient (Wildman–Crippen LogP) is 1.81. The summed E-state index contributed by atoms with van der Waals surface area (Å²) in [6, 6.07) is 2.72. The lowest BCUT2D eigenvalue weighted by atomic mass is 10.1. The average Bonchev–Trinajstić information content (AvgIpc) is 2.52. The molecule has 0 radical (unpaired) electrons. The van der Waals surface area contributed by atoms with Crippen molar-refractivity contribution in [1.82, 2.24) is 5.32 Å². The van der Waals surface area contributed by atoms with E-state index in [1.54, 1.807) is 12.1 Å². The van der Waals surface area contributed by atoms with Crippen LogP contribution in [-0.4, -0.2) is 36.8 Å². The molecule has 130 valence electrons. The molecule has 0 spiro atoms. The monoisotopic (exact) mass is 364 g/mol. The Balaban J connectivity index is 0.00000264. The summed E-state index contributed by atoms with van der Waals surface area (Å²) < 4.78 is 10.9. The molecule has 2 rings (SSSR count). The van der Waals surface area contributed by atoms with Gasteiger partial charge in [-0.05, 0) is 24.1 Å². The first-order valence-electron chi connectivity index (χ1n) is 7.33. The summed E-state index contributed by atoms with van der Waals surface area (Å²) in [6.07, 6.45) is 0.540. The molecule has 0 fully saturated rings. The quantitative estimate of drug-likeness (QED) is 0.715. The van der Waals surface area contributed by atoms with Gasteiger partial charge in [0, 0.05) is 6.54 Å². The molecule has 23 heavy (non-hydrogen) atoms. The van der Waals surface area contributed by atoms with Crippen LogP contribution in [0.15, 0.2) is 12.1 Å². The van der Waals surface area contributed by atoms with E-state index in [0.29, 0.717) is 41.7 Å². The Bertz CT molecular complexity index is 542. The van der Waals surface area contributed by atoms with Crippen LogP contribution in [0.1, 0.15) is 31.4 Å². The molecule has 6 nitrogen and oxygen atoms in total. The first-order chi connectivity index (χ1) is 10.5. The van der Waals surface area contributed by atoms with Crippen LogP contribution in [0.3, 0.4) is 0 Å². The Labute approximate surface area is 146 Å². The van der Waals surface area contributed by atoms with Gasteiger partial charge in [0.15, 0.2) is 11.5 Å². The Hall–Kier alpha value is -1.21. The molecule has 4 N–H and O–H groups in total. The molecule has 1 aliphatic rings. The van der Waals surface area contributed by atoms with E-state index < -0.39 is 12.1 Å². The van der Waals surface area contributed by atoms with E-state index in [-0.39, 0.29) is 24.9 Å². The van der Waals surface area contributed by atoms with Gasteiger partial charge in [-0.2, -0.15) is 0 Å². The van der Waals surface area contributed by atoms with Crippen molar-refractivity contribution in [1.29, 1.82) is 0 Å². The number of carbonyl (C=O) groups is 1. The van der Waals surface area contributed by atoms with Crippen molar-refractivity contribution < 1.29 is 19.4 Å². The van der Waals surface area contributed by atoms with E-state index in [9.17, 15) is 9.90 Å². The molecule has 1 heterocycles. The molecule has 0 saturated carbocycles. The van der Waals surface area contributed by atoms with E-state index >= 15 is 0 Å². The maximum Gasteiger partial charge on any atom is 0.237 e. The van der Waals surface area contributed by atoms with Crippen LogP contribution in [0.2, 0.25) is 5.02 Å². The zero-order chi connectivity index (χ0) is 16.1. The number of benzene rings is 1. The SMILES string of the molecule is CCCC(N)C(=O)NCC(O)c1cc(Cl)c2c(c1)OCCO2.Cl. The van der Waals surface area contributed by atoms with E-state index in [1.165, 1.54) is 0 Å². The van der Waals surface area contributed by atoms with Gasteiger partial charge >= 0.3 is 0 Å². The molecule has 0 aliphatic carbocycles. The highest BCUT2D eigenvalue weighted by atomic mass is 35.5. The summed E-state index contributed by atoms with van der Waals surface area (Å²) in [5, 5.41) is 13.2. The van der Waals surface area contributed by atoms with Gasteiger partial charge < -0.3 is 25.6 Å². The number of hydrogen-bond donors (Lipinski definition) is 3. The molecule has 0 saturated heterocycles. The Morgan fingerprint density at radius 3 is 2.83 bits per heavy atom. The van der Waals surface area contributed by atoms with Crippen molar-refractivity contribution in [3.63, 3.8) is 0 Å². The van der Waals surface area contributed by atoms with Crippen LogP contribution in [0.25, 0.3) is 0 Å². The summed E-state index contributed by atoms with van der Waals surface area (Å²) in [5.41, 5.74) is 6.27. The number of ether oxygens (including phenoxy) is 2. The molecule has 1 aromatic carbocycles. The zero-order valence-electron chi connectivity index (χ0n) is 12.9. The summed E-state index contributed by atoms with van der Waals surface area (Å²) in [5.74, 6) is 0.712. The normalized spacial score (nSPS) is 15.3. The van der Waals surface area contributed by atoms with E-state index in [4.69, 9.17) is 26.8 Å². The van der Waals surface area contributed by atoms with Crippen LogP contribution >= 0.6 is 24.0 Å². The van der Waals surface area contributed by atoms with Gasteiger partial charge in [-0.25, -0.2) is 0 Å². The molecule has 8 heteroatoms. The van der Waals surface area contributed by atoms with Gasteiger partial charge in [-0.3, -0.25) is 4.79 Å². The molecule has 1 amide bonds. The summed E-state index contributed by atoms with van der Waals surface area (Å²) in [6.45, 7) is 2.90. The second kappa shape index (κ2) is 9.17. The van der Waals surface area contributed by atoms with Crippen molar-refractivity contribution in [2.75, 3.05) is 19.8 Å². The lowest BCUT2D eigenvalue weighted by Gasteiger charge is -2.22. The lowest BCUT2D eigenvalue weighted by molar-refractivity contribution is -0.123. The van der Waals surface area contributed by atoms with Crippen LogP contribution in [-0.2, 0) is 4.79 Å². The van der Waals surface area contributed by atoms with E-state index in [1.807, 2.05) is 6.92 Å². The van der Waals surface area contributed by atoms with Gasteiger partial charge in [0.05, 0.1) is 17.2 Å². The summed E-state index contributed by atoms with van der Waals surface area (Å²) in [7, 11) is 0. The number of aliphatic hydroxyl groups is 1. The fraction of sp³-hybridized carbons (Fsp3) is 0.533. The first-order valence-corrected chi connectivity index (χ1v) is 7.71. The summed E-state index contributed by atoms with van der Waals surface area (Å²) >= 11 is 6.12.